The number of hydrogen-bond acceptors (Lipinski definition) is 7. The molecule has 5 unspecified atom stereocenters. The van der Waals surface area contributed by atoms with Gasteiger partial charge in [0.1, 0.15) is 5.60 Å². The summed E-state index contributed by atoms with van der Waals surface area (Å²) >= 11 is 0. The van der Waals surface area contributed by atoms with Crippen LogP contribution in [0.3, 0.4) is 0 Å². The predicted octanol–water partition coefficient (Wildman–Crippen LogP) is 3.74. The third-order valence-corrected chi connectivity index (χ3v) is 9.93. The van der Waals surface area contributed by atoms with Crippen molar-refractivity contribution < 1.29 is 23.9 Å². The Balaban J connectivity index is 1.65. The number of ether oxygens (including phenoxy) is 2. The third-order valence-electron chi connectivity index (χ3n) is 9.93. The first kappa shape index (κ1) is 20.8. The van der Waals surface area contributed by atoms with E-state index in [1.165, 1.54) is 7.11 Å². The average molecular weight is 430 g/mol. The fraction of sp³-hybridized carbons (Fsp3) is 0.792. The Morgan fingerprint density at radius 2 is 1.97 bits per heavy atom. The molecule has 0 aromatic carbocycles. The molecule has 1 aliphatic heterocycles. The van der Waals surface area contributed by atoms with Gasteiger partial charge in [0.15, 0.2) is 5.78 Å². The van der Waals surface area contributed by atoms with Crippen LogP contribution in [0.15, 0.2) is 16.8 Å². The van der Waals surface area contributed by atoms with Gasteiger partial charge in [-0.3, -0.25) is 14.4 Å². The lowest BCUT2D eigenvalue weighted by Gasteiger charge is -2.61. The van der Waals surface area contributed by atoms with Crippen molar-refractivity contribution in [3.8, 4) is 0 Å². The van der Waals surface area contributed by atoms with Gasteiger partial charge in [-0.15, -0.1) is 0 Å². The molecule has 3 saturated carbocycles. The van der Waals surface area contributed by atoms with Crippen molar-refractivity contribution in [3.63, 3.8) is 0 Å². The van der Waals surface area contributed by atoms with Crippen molar-refractivity contribution in [3.05, 3.63) is 16.6 Å². The van der Waals surface area contributed by atoms with Crippen molar-refractivity contribution in [2.24, 2.45) is 39.7 Å². The fourth-order valence-electron chi connectivity index (χ4n) is 8.45. The first-order valence-corrected chi connectivity index (χ1v) is 11.6. The highest BCUT2D eigenvalue weighted by Crippen LogP contribution is 2.71. The topological polar surface area (TPSA) is 99.1 Å². The Bertz CT molecular complexity index is 897. The Kier molecular flexibility index (Phi) is 4.52. The number of esters is 2. The standard InChI is InChI=1S/C24H31NO6/c1-22-7-4-14(26)10-13(22)11-15(21(28)30-3)19-16-5-8-24(9-6-18(27)31-24)23(16,2)12-17(25-29)20(19)22/h10,15-17,19-20H,4-9,11-12H2,1-3H3/t15-,16?,17-,19?,20?,22?,23?,24-/m1/s1. The summed E-state index contributed by atoms with van der Waals surface area (Å²) in [5.41, 5.74) is -0.320. The Hall–Kier alpha value is -2.05. The molecule has 8 atom stereocenters. The Morgan fingerprint density at radius 1 is 1.19 bits per heavy atom. The number of nitroso groups, excluding NO2 is 1. The maximum Gasteiger partial charge on any atom is 0.309 e. The minimum atomic E-state index is -0.567. The molecule has 0 amide bonds. The summed E-state index contributed by atoms with van der Waals surface area (Å²) in [6.45, 7) is 4.29. The number of hydrogen-bond donors (Lipinski definition) is 0. The van der Waals surface area contributed by atoms with Gasteiger partial charge in [-0.05, 0) is 67.8 Å². The smallest absolute Gasteiger partial charge is 0.309 e. The van der Waals surface area contributed by atoms with Gasteiger partial charge >= 0.3 is 11.9 Å². The summed E-state index contributed by atoms with van der Waals surface area (Å²) in [6.07, 6.45) is 6.59. The highest BCUT2D eigenvalue weighted by molar-refractivity contribution is 5.92. The molecule has 7 nitrogen and oxygen atoms in total. The van der Waals surface area contributed by atoms with Crippen molar-refractivity contribution in [1.82, 2.24) is 0 Å². The summed E-state index contributed by atoms with van der Waals surface area (Å²) in [5, 5.41) is 3.63. The van der Waals surface area contributed by atoms with Crippen molar-refractivity contribution >= 4 is 17.7 Å². The molecule has 0 aromatic rings. The van der Waals surface area contributed by atoms with Crippen LogP contribution in [0.5, 0.6) is 0 Å². The Labute approximate surface area is 182 Å². The third kappa shape index (κ3) is 2.61. The number of methoxy groups -OCH3 is 1. The first-order chi connectivity index (χ1) is 14.7. The molecule has 5 aliphatic rings. The molecule has 31 heavy (non-hydrogen) atoms. The van der Waals surface area contributed by atoms with Gasteiger partial charge in [0.25, 0.3) is 0 Å². The number of carbonyl (C=O) groups is 3. The lowest BCUT2D eigenvalue weighted by atomic mass is 9.43. The molecule has 0 radical (unpaired) electrons. The lowest BCUT2D eigenvalue weighted by molar-refractivity contribution is -0.180. The van der Waals surface area contributed by atoms with E-state index in [0.717, 1.165) is 18.4 Å². The van der Waals surface area contributed by atoms with E-state index in [4.69, 9.17) is 9.47 Å². The lowest BCUT2D eigenvalue weighted by Crippen LogP contribution is -2.62. The number of rotatable bonds is 2. The predicted molar refractivity (Wildman–Crippen MR) is 111 cm³/mol. The molecule has 4 fully saturated rings. The van der Waals surface area contributed by atoms with Crippen LogP contribution < -0.4 is 0 Å². The first-order valence-electron chi connectivity index (χ1n) is 11.6. The summed E-state index contributed by atoms with van der Waals surface area (Å²) in [7, 11) is 1.40. The van der Waals surface area contributed by atoms with Crippen LogP contribution in [-0.4, -0.2) is 36.5 Å². The van der Waals surface area contributed by atoms with Crippen molar-refractivity contribution in [2.75, 3.05) is 7.11 Å². The van der Waals surface area contributed by atoms with Crippen LogP contribution in [0.25, 0.3) is 0 Å². The minimum absolute atomic E-state index is 0.0806. The number of ketones is 1. The summed E-state index contributed by atoms with van der Waals surface area (Å²) < 4.78 is 11.2. The van der Waals surface area contributed by atoms with Gasteiger partial charge in [0.05, 0.1) is 19.1 Å². The molecule has 7 heteroatoms. The van der Waals surface area contributed by atoms with Gasteiger partial charge in [-0.25, -0.2) is 0 Å². The van der Waals surface area contributed by atoms with Gasteiger partial charge < -0.3 is 9.47 Å². The second-order valence-corrected chi connectivity index (χ2v) is 10.9. The molecular formula is C24H31NO6. The fourth-order valence-corrected chi connectivity index (χ4v) is 8.45. The van der Waals surface area contributed by atoms with Crippen LogP contribution >= 0.6 is 0 Å². The van der Waals surface area contributed by atoms with Crippen LogP contribution in [0.2, 0.25) is 0 Å². The second-order valence-electron chi connectivity index (χ2n) is 10.9. The van der Waals surface area contributed by atoms with Crippen molar-refractivity contribution in [1.29, 1.82) is 0 Å². The normalized spacial score (nSPS) is 48.4. The zero-order chi connectivity index (χ0) is 22.2. The number of nitrogens with zero attached hydrogens (tertiary/aromatic N) is 1. The van der Waals surface area contributed by atoms with Crippen LogP contribution in [-0.2, 0) is 23.9 Å². The van der Waals surface area contributed by atoms with Crippen molar-refractivity contribution in [2.45, 2.75) is 76.9 Å². The van der Waals surface area contributed by atoms with Crippen LogP contribution in [0.4, 0.5) is 0 Å². The minimum Gasteiger partial charge on any atom is -0.469 e. The molecular weight excluding hydrogens is 398 g/mol. The van der Waals surface area contributed by atoms with Gasteiger partial charge in [-0.2, -0.15) is 4.91 Å². The quantitative estimate of drug-likeness (QED) is 0.490. The molecule has 1 saturated heterocycles. The highest BCUT2D eigenvalue weighted by Gasteiger charge is 2.71. The summed E-state index contributed by atoms with van der Waals surface area (Å²) in [4.78, 5) is 49.6. The molecule has 1 heterocycles. The zero-order valence-electron chi connectivity index (χ0n) is 18.5. The molecule has 168 valence electrons. The monoisotopic (exact) mass is 429 g/mol. The second kappa shape index (κ2) is 6.72. The van der Waals surface area contributed by atoms with Crippen LogP contribution in [0.1, 0.15) is 65.2 Å². The van der Waals surface area contributed by atoms with E-state index in [0.29, 0.717) is 38.5 Å². The summed E-state index contributed by atoms with van der Waals surface area (Å²) in [5.74, 6) is -0.841. The maximum atomic E-state index is 13.0. The maximum absolute atomic E-state index is 13.0. The van der Waals surface area contributed by atoms with E-state index in [-0.39, 0.29) is 40.9 Å². The van der Waals surface area contributed by atoms with E-state index < -0.39 is 23.0 Å². The van der Waals surface area contributed by atoms with Crippen LogP contribution in [0, 0.1) is 39.4 Å². The van der Waals surface area contributed by atoms with Gasteiger partial charge in [0, 0.05) is 18.3 Å². The number of carbonyl (C=O) groups excluding carboxylic acids is 3. The van der Waals surface area contributed by atoms with E-state index in [9.17, 15) is 19.3 Å². The molecule has 0 N–H and O–H groups in total. The zero-order valence-corrected chi connectivity index (χ0v) is 18.5. The molecule has 0 aromatic heterocycles. The highest BCUT2D eigenvalue weighted by atomic mass is 16.6. The number of allylic oxidation sites excluding steroid dienone is 1. The molecule has 0 bridgehead atoms. The number of fused-ring (bicyclic) bond motifs is 6. The van der Waals surface area contributed by atoms with Gasteiger partial charge in [0.2, 0.25) is 0 Å². The van der Waals surface area contributed by atoms with E-state index in [2.05, 4.69) is 19.0 Å². The van der Waals surface area contributed by atoms with Gasteiger partial charge in [-0.1, -0.05) is 24.6 Å². The molecule has 1 spiro atoms. The SMILES string of the molecule is COC(=O)[C@@H]1CC2=CC(=O)CCC2(C)C2C1C1CC[C@@]3(CCC(=O)O3)C1(C)C[C@H]2N=O. The van der Waals surface area contributed by atoms with E-state index >= 15 is 0 Å². The summed E-state index contributed by atoms with van der Waals surface area (Å²) in [6, 6.07) is -0.491. The largest absolute Gasteiger partial charge is 0.469 e. The Morgan fingerprint density at radius 3 is 2.61 bits per heavy atom. The van der Waals surface area contributed by atoms with E-state index in [1.807, 2.05) is 0 Å². The average Bonchev–Trinajstić information content (AvgIpc) is 3.27. The molecule has 5 rings (SSSR count). The molecule has 4 aliphatic carbocycles. The van der Waals surface area contributed by atoms with E-state index in [1.54, 1.807) is 6.08 Å².